The molecule has 1 saturated heterocycles. The summed E-state index contributed by atoms with van der Waals surface area (Å²) in [7, 11) is -3.63. The zero-order valence-corrected chi connectivity index (χ0v) is 19.2. The van der Waals surface area contributed by atoms with E-state index in [9.17, 15) is 13.2 Å². The highest BCUT2D eigenvalue weighted by Gasteiger charge is 2.29. The predicted molar refractivity (Wildman–Crippen MR) is 128 cm³/mol. The van der Waals surface area contributed by atoms with Crippen molar-refractivity contribution in [1.29, 1.82) is 0 Å². The van der Waals surface area contributed by atoms with Gasteiger partial charge in [-0.2, -0.15) is 4.31 Å². The summed E-state index contributed by atoms with van der Waals surface area (Å²) in [5, 5.41) is 2.98. The van der Waals surface area contributed by atoms with Crippen molar-refractivity contribution >= 4 is 21.6 Å². The second-order valence-corrected chi connectivity index (χ2v) is 10.4. The van der Waals surface area contributed by atoms with Crippen LogP contribution in [0.5, 0.6) is 0 Å². The molecule has 3 aromatic carbocycles. The minimum absolute atomic E-state index is 0.166. The summed E-state index contributed by atoms with van der Waals surface area (Å²) in [6, 6.07) is 22.2. The van der Waals surface area contributed by atoms with E-state index < -0.39 is 10.0 Å². The molecule has 166 valence electrons. The Kier molecular flexibility index (Phi) is 6.44. The van der Waals surface area contributed by atoms with E-state index in [4.69, 9.17) is 0 Å². The molecular weight excluding hydrogens is 420 g/mol. The van der Waals surface area contributed by atoms with Crippen molar-refractivity contribution in [1.82, 2.24) is 4.31 Å². The van der Waals surface area contributed by atoms with E-state index in [0.29, 0.717) is 30.3 Å². The molecule has 0 spiro atoms. The Labute approximate surface area is 190 Å². The van der Waals surface area contributed by atoms with Gasteiger partial charge in [-0.1, -0.05) is 61.5 Å². The highest BCUT2D eigenvalue weighted by atomic mass is 32.2. The van der Waals surface area contributed by atoms with E-state index in [1.54, 1.807) is 12.1 Å². The molecule has 0 aliphatic carbocycles. The Morgan fingerprint density at radius 2 is 1.59 bits per heavy atom. The van der Waals surface area contributed by atoms with Crippen LogP contribution < -0.4 is 5.32 Å². The molecule has 0 aromatic heterocycles. The molecule has 32 heavy (non-hydrogen) atoms. The average molecular weight is 449 g/mol. The van der Waals surface area contributed by atoms with E-state index in [1.165, 1.54) is 10.4 Å². The largest absolute Gasteiger partial charge is 0.321 e. The third-order valence-electron chi connectivity index (χ3n) is 6.09. The van der Waals surface area contributed by atoms with Crippen LogP contribution >= 0.6 is 0 Å². The monoisotopic (exact) mass is 448 g/mol. The molecule has 0 unspecified atom stereocenters. The highest BCUT2D eigenvalue weighted by Crippen LogP contribution is 2.29. The summed E-state index contributed by atoms with van der Waals surface area (Å²) in [6.45, 7) is 5.00. The molecule has 1 amide bonds. The second-order valence-electron chi connectivity index (χ2n) is 8.43. The lowest BCUT2D eigenvalue weighted by atomic mass is 10.0. The maximum atomic E-state index is 13.2. The number of carbonyl (C=O) groups is 1. The third kappa shape index (κ3) is 4.61. The van der Waals surface area contributed by atoms with Crippen LogP contribution in [0.15, 0.2) is 77.7 Å². The summed E-state index contributed by atoms with van der Waals surface area (Å²) in [5.41, 5.74) is 3.67. The molecule has 0 radical (unpaired) electrons. The zero-order valence-electron chi connectivity index (χ0n) is 18.4. The van der Waals surface area contributed by atoms with Gasteiger partial charge >= 0.3 is 0 Å². The number of carbonyl (C=O) groups excluding carboxylic acids is 1. The molecule has 6 heteroatoms. The number of piperidine rings is 1. The van der Waals surface area contributed by atoms with Crippen molar-refractivity contribution in [3.63, 3.8) is 0 Å². The maximum Gasteiger partial charge on any atom is 0.255 e. The van der Waals surface area contributed by atoms with Gasteiger partial charge in [-0.05, 0) is 55.0 Å². The number of nitrogens with zero attached hydrogens (tertiary/aromatic N) is 1. The number of amides is 1. The van der Waals surface area contributed by atoms with Crippen molar-refractivity contribution in [3.05, 3.63) is 83.9 Å². The van der Waals surface area contributed by atoms with Gasteiger partial charge in [0.2, 0.25) is 10.0 Å². The number of anilines is 1. The summed E-state index contributed by atoms with van der Waals surface area (Å²) in [5.74, 6) is 0.209. The molecule has 5 nitrogen and oxygen atoms in total. The Bertz CT molecular complexity index is 1210. The fraction of sp³-hybridized carbons (Fsp3) is 0.269. The SMILES string of the molecule is Cc1ccc(S(=O)(=O)N2CCC(C)CC2)cc1C(=O)Nc1ccccc1-c1ccccc1. The Hall–Kier alpha value is -2.96. The van der Waals surface area contributed by atoms with Gasteiger partial charge in [-0.25, -0.2) is 8.42 Å². The molecular formula is C26H28N2O3S. The van der Waals surface area contributed by atoms with Crippen LogP contribution in [-0.4, -0.2) is 31.7 Å². The number of aryl methyl sites for hydroxylation is 1. The van der Waals surface area contributed by atoms with E-state index >= 15 is 0 Å². The first-order valence-corrected chi connectivity index (χ1v) is 12.4. The van der Waals surface area contributed by atoms with Gasteiger partial charge in [0.05, 0.1) is 4.90 Å². The maximum absolute atomic E-state index is 13.2. The fourth-order valence-corrected chi connectivity index (χ4v) is 5.53. The number of sulfonamides is 1. The predicted octanol–water partition coefficient (Wildman–Crippen LogP) is 5.33. The van der Waals surface area contributed by atoms with Gasteiger partial charge in [0, 0.05) is 29.9 Å². The van der Waals surface area contributed by atoms with Crippen LogP contribution in [0, 0.1) is 12.8 Å². The van der Waals surface area contributed by atoms with Crippen molar-refractivity contribution < 1.29 is 13.2 Å². The first-order valence-electron chi connectivity index (χ1n) is 10.9. The first-order chi connectivity index (χ1) is 15.4. The summed E-state index contributed by atoms with van der Waals surface area (Å²) in [6.07, 6.45) is 1.71. The van der Waals surface area contributed by atoms with E-state index in [-0.39, 0.29) is 10.8 Å². The lowest BCUT2D eigenvalue weighted by Crippen LogP contribution is -2.38. The molecule has 0 atom stereocenters. The Morgan fingerprint density at radius 3 is 2.31 bits per heavy atom. The average Bonchev–Trinajstić information content (AvgIpc) is 2.80. The molecule has 1 N–H and O–H groups in total. The smallest absolute Gasteiger partial charge is 0.255 e. The zero-order chi connectivity index (χ0) is 22.7. The highest BCUT2D eigenvalue weighted by molar-refractivity contribution is 7.89. The fourth-order valence-electron chi connectivity index (χ4n) is 4.03. The quantitative estimate of drug-likeness (QED) is 0.573. The number of hydrogen-bond acceptors (Lipinski definition) is 3. The van der Waals surface area contributed by atoms with Gasteiger partial charge in [0.15, 0.2) is 0 Å². The van der Waals surface area contributed by atoms with E-state index in [2.05, 4.69) is 12.2 Å². The summed E-state index contributed by atoms with van der Waals surface area (Å²) < 4.78 is 27.9. The standard InChI is InChI=1S/C26H28N2O3S/c1-19-14-16-28(17-15-19)32(30,31)22-13-12-20(2)24(18-22)26(29)27-25-11-7-6-10-23(25)21-8-4-3-5-9-21/h3-13,18-19H,14-17H2,1-2H3,(H,27,29). The van der Waals surface area contributed by atoms with E-state index in [0.717, 1.165) is 29.5 Å². The third-order valence-corrected chi connectivity index (χ3v) is 7.99. The molecule has 4 rings (SSSR count). The van der Waals surface area contributed by atoms with Crippen molar-refractivity contribution in [2.75, 3.05) is 18.4 Å². The second kappa shape index (κ2) is 9.27. The van der Waals surface area contributed by atoms with Crippen LogP contribution in [0.3, 0.4) is 0 Å². The Balaban J connectivity index is 1.62. The molecule has 0 bridgehead atoms. The number of rotatable bonds is 5. The minimum atomic E-state index is -3.63. The first kappa shape index (κ1) is 22.2. The van der Waals surface area contributed by atoms with Gasteiger partial charge in [0.1, 0.15) is 0 Å². The van der Waals surface area contributed by atoms with Crippen LogP contribution in [0.25, 0.3) is 11.1 Å². The molecule has 1 fully saturated rings. The normalized spacial score (nSPS) is 15.4. The van der Waals surface area contributed by atoms with Crippen molar-refractivity contribution in [3.8, 4) is 11.1 Å². The number of hydrogen-bond donors (Lipinski definition) is 1. The van der Waals surface area contributed by atoms with Gasteiger partial charge in [-0.3, -0.25) is 4.79 Å². The number of para-hydroxylation sites is 1. The molecule has 1 aliphatic rings. The van der Waals surface area contributed by atoms with Crippen LogP contribution in [0.4, 0.5) is 5.69 Å². The van der Waals surface area contributed by atoms with Crippen LogP contribution in [0.1, 0.15) is 35.7 Å². The number of nitrogens with one attached hydrogen (secondary N) is 1. The lowest BCUT2D eigenvalue weighted by molar-refractivity contribution is 0.102. The van der Waals surface area contributed by atoms with Crippen LogP contribution in [-0.2, 0) is 10.0 Å². The number of benzene rings is 3. The van der Waals surface area contributed by atoms with Crippen LogP contribution in [0.2, 0.25) is 0 Å². The summed E-state index contributed by atoms with van der Waals surface area (Å²) >= 11 is 0. The molecule has 3 aromatic rings. The molecule has 1 heterocycles. The van der Waals surface area contributed by atoms with Gasteiger partial charge < -0.3 is 5.32 Å². The van der Waals surface area contributed by atoms with Crippen molar-refractivity contribution in [2.45, 2.75) is 31.6 Å². The van der Waals surface area contributed by atoms with Crippen molar-refractivity contribution in [2.24, 2.45) is 5.92 Å². The lowest BCUT2D eigenvalue weighted by Gasteiger charge is -2.29. The van der Waals surface area contributed by atoms with Gasteiger partial charge in [-0.15, -0.1) is 0 Å². The molecule has 0 saturated carbocycles. The minimum Gasteiger partial charge on any atom is -0.321 e. The van der Waals surface area contributed by atoms with Gasteiger partial charge in [0.25, 0.3) is 5.91 Å². The summed E-state index contributed by atoms with van der Waals surface area (Å²) in [4.78, 5) is 13.4. The van der Waals surface area contributed by atoms with E-state index in [1.807, 2.05) is 61.5 Å². The molecule has 1 aliphatic heterocycles. The Morgan fingerprint density at radius 1 is 0.938 bits per heavy atom. The topological polar surface area (TPSA) is 66.5 Å².